The third kappa shape index (κ3) is 2.83. The quantitative estimate of drug-likeness (QED) is 0.874. The number of halogens is 1. The van der Waals surface area contributed by atoms with Crippen LogP contribution in [-0.2, 0) is 6.54 Å². The number of imidazole rings is 1. The molecular weight excluding hydrogens is 250 g/mol. The van der Waals surface area contributed by atoms with E-state index < -0.39 is 0 Å². The molecule has 96 valence electrons. The maximum absolute atomic E-state index is 6.21. The Kier molecular flexibility index (Phi) is 4.23. The van der Waals surface area contributed by atoms with Gasteiger partial charge in [0.25, 0.3) is 0 Å². The number of benzene rings is 1. The minimum absolute atomic E-state index is 0.646. The molecule has 2 N–H and O–H groups in total. The lowest BCUT2D eigenvalue weighted by Crippen LogP contribution is -2.12. The zero-order valence-electron chi connectivity index (χ0n) is 10.5. The number of hydrogen-bond acceptors (Lipinski definition) is 3. The van der Waals surface area contributed by atoms with Crippen LogP contribution in [0, 0.1) is 0 Å². The molecule has 1 heterocycles. The Morgan fingerprint density at radius 3 is 2.94 bits per heavy atom. The molecule has 1 aromatic heterocycles. The summed E-state index contributed by atoms with van der Waals surface area (Å²) in [5, 5.41) is 3.86. The van der Waals surface area contributed by atoms with E-state index in [9.17, 15) is 0 Å². The molecule has 0 aliphatic rings. The van der Waals surface area contributed by atoms with Crippen LogP contribution >= 0.6 is 11.6 Å². The van der Waals surface area contributed by atoms with Crippen molar-refractivity contribution in [3.8, 4) is 17.0 Å². The molecule has 0 aliphatic heterocycles. The Labute approximate surface area is 111 Å². The molecule has 0 saturated carbocycles. The number of H-pyrrole nitrogens is 1. The third-order valence-electron chi connectivity index (χ3n) is 2.64. The number of aromatic amines is 1. The van der Waals surface area contributed by atoms with Gasteiger partial charge < -0.3 is 15.0 Å². The van der Waals surface area contributed by atoms with Crippen LogP contribution in [0.1, 0.15) is 12.7 Å². The SMILES string of the molecule is CCNCc1ncc(-c2ccc(OC)cc2Cl)[nH]1. The van der Waals surface area contributed by atoms with Gasteiger partial charge in [-0.3, -0.25) is 0 Å². The van der Waals surface area contributed by atoms with E-state index in [0.29, 0.717) is 5.02 Å². The molecule has 4 nitrogen and oxygen atoms in total. The van der Waals surface area contributed by atoms with E-state index >= 15 is 0 Å². The highest BCUT2D eigenvalue weighted by atomic mass is 35.5. The van der Waals surface area contributed by atoms with Crippen molar-refractivity contribution in [2.75, 3.05) is 13.7 Å². The lowest BCUT2D eigenvalue weighted by atomic mass is 10.1. The molecule has 0 unspecified atom stereocenters. The molecule has 0 bridgehead atoms. The highest BCUT2D eigenvalue weighted by Gasteiger charge is 2.08. The predicted molar refractivity (Wildman–Crippen MR) is 73.0 cm³/mol. The number of hydrogen-bond donors (Lipinski definition) is 2. The molecule has 2 aromatic rings. The number of methoxy groups -OCH3 is 1. The van der Waals surface area contributed by atoms with Gasteiger partial charge in [-0.25, -0.2) is 4.98 Å². The molecule has 0 aliphatic carbocycles. The highest BCUT2D eigenvalue weighted by Crippen LogP contribution is 2.29. The summed E-state index contributed by atoms with van der Waals surface area (Å²) in [6.07, 6.45) is 1.79. The van der Waals surface area contributed by atoms with E-state index in [2.05, 4.69) is 22.2 Å². The topological polar surface area (TPSA) is 49.9 Å². The van der Waals surface area contributed by atoms with Crippen LogP contribution in [0.5, 0.6) is 5.75 Å². The second kappa shape index (κ2) is 5.89. The van der Waals surface area contributed by atoms with Gasteiger partial charge in [0, 0.05) is 5.56 Å². The Bertz CT molecular complexity index is 525. The molecule has 0 radical (unpaired) electrons. The van der Waals surface area contributed by atoms with Crippen LogP contribution in [0.2, 0.25) is 5.02 Å². The third-order valence-corrected chi connectivity index (χ3v) is 2.95. The fourth-order valence-electron chi connectivity index (χ4n) is 1.67. The van der Waals surface area contributed by atoms with Gasteiger partial charge in [0.15, 0.2) is 0 Å². The van der Waals surface area contributed by atoms with Crippen molar-refractivity contribution in [1.82, 2.24) is 15.3 Å². The van der Waals surface area contributed by atoms with Crippen molar-refractivity contribution in [2.24, 2.45) is 0 Å². The summed E-state index contributed by atoms with van der Waals surface area (Å²) in [4.78, 5) is 7.55. The van der Waals surface area contributed by atoms with Crippen molar-refractivity contribution < 1.29 is 4.74 Å². The molecule has 0 atom stereocenters. The van der Waals surface area contributed by atoms with E-state index in [1.807, 2.05) is 12.1 Å². The summed E-state index contributed by atoms with van der Waals surface area (Å²) < 4.78 is 5.12. The van der Waals surface area contributed by atoms with Crippen molar-refractivity contribution in [2.45, 2.75) is 13.5 Å². The summed E-state index contributed by atoms with van der Waals surface area (Å²) >= 11 is 6.21. The predicted octanol–water partition coefficient (Wildman–Crippen LogP) is 2.85. The Morgan fingerprint density at radius 1 is 1.44 bits per heavy atom. The molecule has 5 heteroatoms. The van der Waals surface area contributed by atoms with E-state index in [1.54, 1.807) is 19.4 Å². The zero-order valence-corrected chi connectivity index (χ0v) is 11.2. The van der Waals surface area contributed by atoms with Crippen LogP contribution in [0.15, 0.2) is 24.4 Å². The average Bonchev–Trinajstić information content (AvgIpc) is 2.84. The van der Waals surface area contributed by atoms with Gasteiger partial charge in [0.1, 0.15) is 11.6 Å². The van der Waals surface area contributed by atoms with E-state index in [-0.39, 0.29) is 0 Å². The smallest absolute Gasteiger partial charge is 0.120 e. The Balaban J connectivity index is 2.23. The van der Waals surface area contributed by atoms with Crippen LogP contribution in [0.3, 0.4) is 0 Å². The van der Waals surface area contributed by atoms with Gasteiger partial charge in [-0.05, 0) is 24.7 Å². The molecule has 18 heavy (non-hydrogen) atoms. The molecular formula is C13H16ClN3O. The van der Waals surface area contributed by atoms with Gasteiger partial charge in [-0.1, -0.05) is 18.5 Å². The first-order valence-electron chi connectivity index (χ1n) is 5.83. The normalized spacial score (nSPS) is 10.6. The minimum Gasteiger partial charge on any atom is -0.497 e. The van der Waals surface area contributed by atoms with E-state index in [1.165, 1.54) is 0 Å². The van der Waals surface area contributed by atoms with Crippen LogP contribution < -0.4 is 10.1 Å². The summed E-state index contributed by atoms with van der Waals surface area (Å²) in [5.74, 6) is 1.65. The van der Waals surface area contributed by atoms with Gasteiger partial charge in [-0.15, -0.1) is 0 Å². The lowest BCUT2D eigenvalue weighted by molar-refractivity contribution is 0.415. The van der Waals surface area contributed by atoms with Crippen LogP contribution in [-0.4, -0.2) is 23.6 Å². The van der Waals surface area contributed by atoms with Gasteiger partial charge in [-0.2, -0.15) is 0 Å². The van der Waals surface area contributed by atoms with Crippen LogP contribution in [0.4, 0.5) is 0 Å². The monoisotopic (exact) mass is 265 g/mol. The largest absolute Gasteiger partial charge is 0.497 e. The maximum Gasteiger partial charge on any atom is 0.120 e. The second-order valence-corrected chi connectivity index (χ2v) is 4.28. The van der Waals surface area contributed by atoms with Crippen LogP contribution in [0.25, 0.3) is 11.3 Å². The number of nitrogens with one attached hydrogen (secondary N) is 2. The fourth-order valence-corrected chi connectivity index (χ4v) is 1.95. The summed E-state index contributed by atoms with van der Waals surface area (Å²) in [5.41, 5.74) is 1.84. The van der Waals surface area contributed by atoms with Gasteiger partial charge >= 0.3 is 0 Å². The first-order valence-corrected chi connectivity index (χ1v) is 6.21. The first-order chi connectivity index (χ1) is 8.74. The van der Waals surface area contributed by atoms with Crippen molar-refractivity contribution in [3.63, 3.8) is 0 Å². The molecule has 0 spiro atoms. The highest BCUT2D eigenvalue weighted by molar-refractivity contribution is 6.33. The summed E-state index contributed by atoms with van der Waals surface area (Å²) in [6, 6.07) is 5.60. The number of aromatic nitrogens is 2. The van der Waals surface area contributed by atoms with Gasteiger partial charge in [0.2, 0.25) is 0 Å². The number of rotatable bonds is 5. The lowest BCUT2D eigenvalue weighted by Gasteiger charge is -2.04. The molecule has 0 amide bonds. The summed E-state index contributed by atoms with van der Waals surface area (Å²) in [7, 11) is 1.62. The van der Waals surface area contributed by atoms with E-state index in [0.717, 1.165) is 35.9 Å². The molecule has 2 rings (SSSR count). The Hall–Kier alpha value is -1.52. The molecule has 0 fully saturated rings. The number of ether oxygens (including phenoxy) is 1. The van der Waals surface area contributed by atoms with Gasteiger partial charge in [0.05, 0.1) is 30.6 Å². The Morgan fingerprint density at radius 2 is 2.28 bits per heavy atom. The van der Waals surface area contributed by atoms with Crippen molar-refractivity contribution in [1.29, 1.82) is 0 Å². The average molecular weight is 266 g/mol. The van der Waals surface area contributed by atoms with Crippen molar-refractivity contribution in [3.05, 3.63) is 35.2 Å². The standard InChI is InChI=1S/C13H16ClN3O/c1-3-15-8-13-16-7-12(17-13)10-5-4-9(18-2)6-11(10)14/h4-7,15H,3,8H2,1-2H3,(H,16,17). The molecule has 0 saturated heterocycles. The second-order valence-electron chi connectivity index (χ2n) is 3.87. The first kappa shape index (κ1) is 12.9. The number of nitrogens with zero attached hydrogens (tertiary/aromatic N) is 1. The zero-order chi connectivity index (χ0) is 13.0. The van der Waals surface area contributed by atoms with E-state index in [4.69, 9.17) is 16.3 Å². The maximum atomic E-state index is 6.21. The van der Waals surface area contributed by atoms with Crippen molar-refractivity contribution >= 4 is 11.6 Å². The fraction of sp³-hybridized carbons (Fsp3) is 0.308. The minimum atomic E-state index is 0.646. The summed E-state index contributed by atoms with van der Waals surface area (Å²) in [6.45, 7) is 3.70. The molecule has 1 aromatic carbocycles.